The van der Waals surface area contributed by atoms with Crippen LogP contribution in [0.2, 0.25) is 0 Å². The SMILES string of the molecule is CCOc1ccc(NC(=O)[C@H](C)OC(=O)Cc2cccc(F)c2)cc1. The number of esters is 1. The second kappa shape index (κ2) is 8.82. The summed E-state index contributed by atoms with van der Waals surface area (Å²) in [6.07, 6.45) is -1.06. The van der Waals surface area contributed by atoms with E-state index in [-0.39, 0.29) is 6.42 Å². The van der Waals surface area contributed by atoms with E-state index in [1.54, 1.807) is 30.3 Å². The van der Waals surface area contributed by atoms with Crippen LogP contribution in [0.1, 0.15) is 19.4 Å². The van der Waals surface area contributed by atoms with Crippen LogP contribution in [-0.2, 0) is 20.7 Å². The van der Waals surface area contributed by atoms with Crippen molar-refractivity contribution in [3.05, 3.63) is 59.9 Å². The van der Waals surface area contributed by atoms with Gasteiger partial charge in [-0.15, -0.1) is 0 Å². The van der Waals surface area contributed by atoms with E-state index in [0.717, 1.165) is 0 Å². The molecule has 1 amide bonds. The molecule has 25 heavy (non-hydrogen) atoms. The quantitative estimate of drug-likeness (QED) is 0.782. The normalized spacial score (nSPS) is 11.5. The van der Waals surface area contributed by atoms with Crippen molar-refractivity contribution in [2.45, 2.75) is 26.4 Å². The Hall–Kier alpha value is -2.89. The molecule has 0 aromatic heterocycles. The predicted octanol–water partition coefficient (Wildman–Crippen LogP) is 3.34. The fraction of sp³-hybridized carbons (Fsp3) is 0.263. The molecule has 0 spiro atoms. The van der Waals surface area contributed by atoms with E-state index in [1.807, 2.05) is 6.92 Å². The van der Waals surface area contributed by atoms with E-state index in [9.17, 15) is 14.0 Å². The third-order valence-corrected chi connectivity index (χ3v) is 3.35. The minimum atomic E-state index is -0.965. The van der Waals surface area contributed by atoms with Crippen molar-refractivity contribution in [2.75, 3.05) is 11.9 Å². The van der Waals surface area contributed by atoms with Crippen LogP contribution in [-0.4, -0.2) is 24.6 Å². The van der Waals surface area contributed by atoms with Gasteiger partial charge in [-0.1, -0.05) is 12.1 Å². The van der Waals surface area contributed by atoms with Gasteiger partial charge in [0.1, 0.15) is 11.6 Å². The summed E-state index contributed by atoms with van der Waals surface area (Å²) in [6.45, 7) is 3.92. The van der Waals surface area contributed by atoms with Crippen molar-refractivity contribution in [3.8, 4) is 5.75 Å². The van der Waals surface area contributed by atoms with Crippen molar-refractivity contribution in [2.24, 2.45) is 0 Å². The lowest BCUT2D eigenvalue weighted by Crippen LogP contribution is -2.30. The van der Waals surface area contributed by atoms with Gasteiger partial charge in [0.05, 0.1) is 13.0 Å². The number of ether oxygens (including phenoxy) is 2. The molecule has 0 unspecified atom stereocenters. The van der Waals surface area contributed by atoms with Gasteiger partial charge in [-0.05, 0) is 55.8 Å². The molecule has 0 saturated carbocycles. The smallest absolute Gasteiger partial charge is 0.311 e. The largest absolute Gasteiger partial charge is 0.494 e. The number of hydrogen-bond acceptors (Lipinski definition) is 4. The maximum Gasteiger partial charge on any atom is 0.311 e. The zero-order valence-electron chi connectivity index (χ0n) is 14.1. The van der Waals surface area contributed by atoms with E-state index in [1.165, 1.54) is 25.1 Å². The molecule has 1 N–H and O–H groups in total. The van der Waals surface area contributed by atoms with Crippen LogP contribution in [0.15, 0.2) is 48.5 Å². The standard InChI is InChI=1S/C19H20FNO4/c1-3-24-17-9-7-16(8-10-17)21-19(23)13(2)25-18(22)12-14-5-4-6-15(20)11-14/h4-11,13H,3,12H2,1-2H3,(H,21,23)/t13-/m0/s1. The van der Waals surface area contributed by atoms with Crippen molar-refractivity contribution in [1.82, 2.24) is 0 Å². The Bertz CT molecular complexity index is 730. The van der Waals surface area contributed by atoms with Gasteiger partial charge in [0, 0.05) is 5.69 Å². The Morgan fingerprint density at radius 3 is 2.52 bits per heavy atom. The molecule has 2 aromatic carbocycles. The summed E-state index contributed by atoms with van der Waals surface area (Å²) in [6, 6.07) is 12.6. The highest BCUT2D eigenvalue weighted by Gasteiger charge is 2.18. The molecule has 0 saturated heterocycles. The number of nitrogens with one attached hydrogen (secondary N) is 1. The van der Waals surface area contributed by atoms with E-state index in [4.69, 9.17) is 9.47 Å². The molecule has 0 fully saturated rings. The third-order valence-electron chi connectivity index (χ3n) is 3.35. The van der Waals surface area contributed by atoms with Gasteiger partial charge in [-0.25, -0.2) is 4.39 Å². The first kappa shape index (κ1) is 18.4. The van der Waals surface area contributed by atoms with Crippen LogP contribution in [0.25, 0.3) is 0 Å². The molecule has 2 rings (SSSR count). The van der Waals surface area contributed by atoms with Crippen LogP contribution in [0.4, 0.5) is 10.1 Å². The van der Waals surface area contributed by atoms with E-state index < -0.39 is 23.8 Å². The predicted molar refractivity (Wildman–Crippen MR) is 91.9 cm³/mol. The molecule has 0 aliphatic carbocycles. The maximum atomic E-state index is 13.1. The minimum absolute atomic E-state index is 0.0988. The Morgan fingerprint density at radius 1 is 1.16 bits per heavy atom. The molecular weight excluding hydrogens is 325 g/mol. The molecule has 132 valence electrons. The first-order valence-corrected chi connectivity index (χ1v) is 7.95. The highest BCUT2D eigenvalue weighted by Crippen LogP contribution is 2.16. The molecule has 0 aliphatic heterocycles. The second-order valence-electron chi connectivity index (χ2n) is 5.39. The fourth-order valence-electron chi connectivity index (χ4n) is 2.15. The lowest BCUT2D eigenvalue weighted by atomic mass is 10.1. The summed E-state index contributed by atoms with van der Waals surface area (Å²) >= 11 is 0. The monoisotopic (exact) mass is 345 g/mol. The van der Waals surface area contributed by atoms with Gasteiger partial charge in [-0.3, -0.25) is 9.59 Å². The van der Waals surface area contributed by atoms with Crippen LogP contribution in [0.5, 0.6) is 5.75 Å². The second-order valence-corrected chi connectivity index (χ2v) is 5.39. The highest BCUT2D eigenvalue weighted by molar-refractivity contribution is 5.95. The molecule has 0 aliphatic rings. The van der Waals surface area contributed by atoms with Gasteiger partial charge in [0.25, 0.3) is 5.91 Å². The van der Waals surface area contributed by atoms with Gasteiger partial charge >= 0.3 is 5.97 Å². The highest BCUT2D eigenvalue weighted by atomic mass is 19.1. The molecule has 0 heterocycles. The Kier molecular flexibility index (Phi) is 6.51. The molecule has 5 nitrogen and oxygen atoms in total. The average Bonchev–Trinajstić information content (AvgIpc) is 2.56. The molecule has 0 bridgehead atoms. The number of anilines is 1. The molecule has 6 heteroatoms. The summed E-state index contributed by atoms with van der Waals surface area (Å²) in [4.78, 5) is 24.0. The number of amides is 1. The van der Waals surface area contributed by atoms with Crippen molar-refractivity contribution in [1.29, 1.82) is 0 Å². The zero-order valence-corrected chi connectivity index (χ0v) is 14.1. The number of halogens is 1. The minimum Gasteiger partial charge on any atom is -0.494 e. The molecule has 2 aromatic rings. The fourth-order valence-corrected chi connectivity index (χ4v) is 2.15. The van der Waals surface area contributed by atoms with Crippen molar-refractivity contribution >= 4 is 17.6 Å². The third kappa shape index (κ3) is 5.91. The number of hydrogen-bond donors (Lipinski definition) is 1. The number of benzene rings is 2. The lowest BCUT2D eigenvalue weighted by molar-refractivity contribution is -0.152. The van der Waals surface area contributed by atoms with Gasteiger partial charge in [-0.2, -0.15) is 0 Å². The summed E-state index contributed by atoms with van der Waals surface area (Å²) in [5.74, 6) is -0.765. The summed E-state index contributed by atoms with van der Waals surface area (Å²) in [5, 5.41) is 2.66. The van der Waals surface area contributed by atoms with E-state index in [2.05, 4.69) is 5.32 Å². The van der Waals surface area contributed by atoms with Crippen LogP contribution >= 0.6 is 0 Å². The van der Waals surface area contributed by atoms with E-state index in [0.29, 0.717) is 23.6 Å². The summed E-state index contributed by atoms with van der Waals surface area (Å²) in [5.41, 5.74) is 1.06. The number of carbonyl (C=O) groups excluding carboxylic acids is 2. The Morgan fingerprint density at radius 2 is 1.88 bits per heavy atom. The zero-order chi connectivity index (χ0) is 18.2. The van der Waals surface area contributed by atoms with Crippen LogP contribution in [0, 0.1) is 5.82 Å². The van der Waals surface area contributed by atoms with Crippen LogP contribution < -0.4 is 10.1 Å². The molecule has 1 atom stereocenters. The maximum absolute atomic E-state index is 13.1. The Balaban J connectivity index is 1.85. The van der Waals surface area contributed by atoms with Crippen molar-refractivity contribution in [3.63, 3.8) is 0 Å². The van der Waals surface area contributed by atoms with Gasteiger partial charge < -0.3 is 14.8 Å². The summed E-state index contributed by atoms with van der Waals surface area (Å²) in [7, 11) is 0. The van der Waals surface area contributed by atoms with Gasteiger partial charge in [0.2, 0.25) is 0 Å². The van der Waals surface area contributed by atoms with Crippen molar-refractivity contribution < 1.29 is 23.5 Å². The topological polar surface area (TPSA) is 64.6 Å². The van der Waals surface area contributed by atoms with Gasteiger partial charge in [0.15, 0.2) is 6.10 Å². The number of rotatable bonds is 7. The molecular formula is C19H20FNO4. The lowest BCUT2D eigenvalue weighted by Gasteiger charge is -2.14. The summed E-state index contributed by atoms with van der Waals surface area (Å²) < 4.78 is 23.5. The Labute approximate surface area is 145 Å². The molecule has 0 radical (unpaired) electrons. The first-order chi connectivity index (χ1) is 12.0. The average molecular weight is 345 g/mol. The van der Waals surface area contributed by atoms with Crippen LogP contribution in [0.3, 0.4) is 0 Å². The first-order valence-electron chi connectivity index (χ1n) is 7.95. The number of carbonyl (C=O) groups is 2. The van der Waals surface area contributed by atoms with E-state index >= 15 is 0 Å².